The lowest BCUT2D eigenvalue weighted by atomic mass is 9.97. The standard InChI is InChI=1S/C10H18N4O.ClH/c11-9-13-5-4-10(12,14-9)7-8-3-1-2-6-15-8;/h4-5,8H,1-3,6-7,12H2,(H3,11,13,14);1H. The number of nitrogens with one attached hydrogen (secondary N) is 1. The zero-order valence-corrected chi connectivity index (χ0v) is 10.0. The number of nitrogens with zero attached hydrogens (tertiary/aromatic N) is 1. The first-order valence-corrected chi connectivity index (χ1v) is 5.38. The maximum Gasteiger partial charge on any atom is 0.194 e. The molecule has 2 rings (SSSR count). The molecule has 0 aromatic rings. The van der Waals surface area contributed by atoms with Gasteiger partial charge >= 0.3 is 0 Å². The topological polar surface area (TPSA) is 85.7 Å². The Labute approximate surface area is 102 Å². The lowest BCUT2D eigenvalue weighted by Crippen LogP contribution is -2.47. The van der Waals surface area contributed by atoms with Gasteiger partial charge < -0.3 is 21.5 Å². The van der Waals surface area contributed by atoms with Crippen molar-refractivity contribution in [3.63, 3.8) is 0 Å². The van der Waals surface area contributed by atoms with Crippen LogP contribution in [-0.2, 0) is 4.74 Å². The van der Waals surface area contributed by atoms with Crippen LogP contribution in [0.4, 0.5) is 0 Å². The fourth-order valence-corrected chi connectivity index (χ4v) is 2.01. The van der Waals surface area contributed by atoms with Crippen LogP contribution in [0.5, 0.6) is 0 Å². The first-order valence-electron chi connectivity index (χ1n) is 5.38. The lowest BCUT2D eigenvalue weighted by Gasteiger charge is -2.31. The first kappa shape index (κ1) is 13.3. The van der Waals surface area contributed by atoms with Gasteiger partial charge in [0.15, 0.2) is 5.96 Å². The molecule has 6 heteroatoms. The molecule has 2 heterocycles. The van der Waals surface area contributed by atoms with Crippen molar-refractivity contribution >= 4 is 18.4 Å². The van der Waals surface area contributed by atoms with Gasteiger partial charge in [0.05, 0.1) is 6.10 Å². The summed E-state index contributed by atoms with van der Waals surface area (Å²) in [5.41, 5.74) is 11.0. The third-order valence-electron chi connectivity index (χ3n) is 2.76. The van der Waals surface area contributed by atoms with Crippen molar-refractivity contribution < 1.29 is 4.74 Å². The summed E-state index contributed by atoms with van der Waals surface area (Å²) < 4.78 is 5.64. The number of guanidine groups is 1. The normalized spacial score (nSPS) is 33.6. The highest BCUT2D eigenvalue weighted by Crippen LogP contribution is 2.23. The van der Waals surface area contributed by atoms with Crippen molar-refractivity contribution in [1.29, 1.82) is 0 Å². The highest BCUT2D eigenvalue weighted by atomic mass is 35.5. The molecule has 0 bridgehead atoms. The van der Waals surface area contributed by atoms with Crippen molar-refractivity contribution in [2.75, 3.05) is 6.61 Å². The van der Waals surface area contributed by atoms with E-state index in [4.69, 9.17) is 16.2 Å². The predicted octanol–water partition coefficient (Wildman–Crippen LogP) is 0.454. The van der Waals surface area contributed by atoms with Crippen LogP contribution in [0.3, 0.4) is 0 Å². The Kier molecular flexibility index (Phi) is 4.58. The average molecular weight is 247 g/mol. The smallest absolute Gasteiger partial charge is 0.194 e. The zero-order chi connectivity index (χ0) is 10.7. The Morgan fingerprint density at radius 2 is 2.38 bits per heavy atom. The highest BCUT2D eigenvalue weighted by Gasteiger charge is 2.29. The minimum Gasteiger partial charge on any atom is -0.378 e. The fourth-order valence-electron chi connectivity index (χ4n) is 2.01. The lowest BCUT2D eigenvalue weighted by molar-refractivity contribution is 0.00251. The van der Waals surface area contributed by atoms with E-state index in [1.54, 1.807) is 6.20 Å². The number of nitrogens with two attached hydrogens (primary N) is 2. The van der Waals surface area contributed by atoms with Crippen LogP contribution in [0, 0.1) is 0 Å². The molecule has 5 nitrogen and oxygen atoms in total. The number of ether oxygens (including phenoxy) is 1. The first-order chi connectivity index (χ1) is 7.18. The van der Waals surface area contributed by atoms with E-state index in [2.05, 4.69) is 10.3 Å². The van der Waals surface area contributed by atoms with Crippen LogP contribution < -0.4 is 16.8 Å². The largest absolute Gasteiger partial charge is 0.378 e. The van der Waals surface area contributed by atoms with Gasteiger partial charge in [-0.15, -0.1) is 12.4 Å². The summed E-state index contributed by atoms with van der Waals surface area (Å²) in [5.74, 6) is 0.371. The Bertz CT molecular complexity index is 289. The molecule has 0 saturated carbocycles. The van der Waals surface area contributed by atoms with E-state index in [-0.39, 0.29) is 18.5 Å². The summed E-state index contributed by atoms with van der Waals surface area (Å²) in [4.78, 5) is 4.20. The van der Waals surface area contributed by atoms with Crippen molar-refractivity contribution in [3.05, 3.63) is 12.3 Å². The van der Waals surface area contributed by atoms with Gasteiger partial charge in [0, 0.05) is 19.2 Å². The Morgan fingerprint density at radius 1 is 1.56 bits per heavy atom. The van der Waals surface area contributed by atoms with Gasteiger partial charge in [-0.25, -0.2) is 4.99 Å². The molecular formula is C10H19ClN4O. The molecule has 2 unspecified atom stereocenters. The predicted molar refractivity (Wildman–Crippen MR) is 66.3 cm³/mol. The number of hydrogen-bond donors (Lipinski definition) is 3. The minimum absolute atomic E-state index is 0. The molecule has 0 spiro atoms. The molecule has 1 saturated heterocycles. The van der Waals surface area contributed by atoms with E-state index in [0.29, 0.717) is 12.4 Å². The quantitative estimate of drug-likeness (QED) is 0.661. The summed E-state index contributed by atoms with van der Waals surface area (Å²) in [6.45, 7) is 0.835. The van der Waals surface area contributed by atoms with Crippen LogP contribution in [0.2, 0.25) is 0 Å². The number of hydrogen-bond acceptors (Lipinski definition) is 5. The second-order valence-electron chi connectivity index (χ2n) is 4.16. The Balaban J connectivity index is 0.00000128. The number of aliphatic imine (C=N–C) groups is 1. The van der Waals surface area contributed by atoms with Gasteiger partial charge in [-0.3, -0.25) is 0 Å². The average Bonchev–Trinajstić information content (AvgIpc) is 2.18. The molecular weight excluding hydrogens is 228 g/mol. The van der Waals surface area contributed by atoms with Crippen molar-refractivity contribution in [2.45, 2.75) is 37.5 Å². The van der Waals surface area contributed by atoms with Gasteiger partial charge in [0.1, 0.15) is 5.66 Å². The summed E-state index contributed by atoms with van der Waals surface area (Å²) in [6.07, 6.45) is 7.91. The van der Waals surface area contributed by atoms with Gasteiger partial charge in [-0.2, -0.15) is 0 Å². The maximum atomic E-state index is 6.11. The molecule has 92 valence electrons. The van der Waals surface area contributed by atoms with Gasteiger partial charge in [0.2, 0.25) is 0 Å². The maximum absolute atomic E-state index is 6.11. The SMILES string of the molecule is Cl.NC1=NC(N)(CC2CCCCO2)C=CN1. The summed E-state index contributed by atoms with van der Waals surface area (Å²) in [5, 5.41) is 2.80. The summed E-state index contributed by atoms with van der Waals surface area (Å²) in [6, 6.07) is 0. The van der Waals surface area contributed by atoms with Gasteiger partial charge in [0.25, 0.3) is 0 Å². The molecule has 2 aliphatic rings. The summed E-state index contributed by atoms with van der Waals surface area (Å²) >= 11 is 0. The van der Waals surface area contributed by atoms with E-state index >= 15 is 0 Å². The Morgan fingerprint density at radius 3 is 3.00 bits per heavy atom. The molecule has 0 aromatic carbocycles. The van der Waals surface area contributed by atoms with E-state index in [9.17, 15) is 0 Å². The third-order valence-corrected chi connectivity index (χ3v) is 2.76. The second-order valence-corrected chi connectivity index (χ2v) is 4.16. The van der Waals surface area contributed by atoms with Gasteiger partial charge in [-0.05, 0) is 25.3 Å². The van der Waals surface area contributed by atoms with Gasteiger partial charge in [-0.1, -0.05) is 0 Å². The third kappa shape index (κ3) is 3.37. The molecule has 0 radical (unpaired) electrons. The summed E-state index contributed by atoms with van der Waals surface area (Å²) in [7, 11) is 0. The highest BCUT2D eigenvalue weighted by molar-refractivity contribution is 5.85. The van der Waals surface area contributed by atoms with Crippen LogP contribution >= 0.6 is 12.4 Å². The molecule has 16 heavy (non-hydrogen) atoms. The molecule has 0 aromatic heterocycles. The number of halogens is 1. The molecule has 2 atom stereocenters. The monoisotopic (exact) mass is 246 g/mol. The van der Waals surface area contributed by atoms with Crippen molar-refractivity contribution in [2.24, 2.45) is 16.5 Å². The second kappa shape index (κ2) is 5.52. The van der Waals surface area contributed by atoms with Crippen LogP contribution in [0.25, 0.3) is 0 Å². The van der Waals surface area contributed by atoms with E-state index < -0.39 is 5.66 Å². The van der Waals surface area contributed by atoms with E-state index in [1.165, 1.54) is 6.42 Å². The number of rotatable bonds is 2. The van der Waals surface area contributed by atoms with E-state index in [1.807, 2.05) is 6.08 Å². The minimum atomic E-state index is -0.697. The van der Waals surface area contributed by atoms with Crippen molar-refractivity contribution in [3.8, 4) is 0 Å². The molecule has 5 N–H and O–H groups in total. The Hall–Kier alpha value is -0.780. The van der Waals surface area contributed by atoms with E-state index in [0.717, 1.165) is 19.4 Å². The van der Waals surface area contributed by atoms with Crippen LogP contribution in [0.15, 0.2) is 17.3 Å². The van der Waals surface area contributed by atoms with Crippen LogP contribution in [-0.4, -0.2) is 24.3 Å². The van der Waals surface area contributed by atoms with Crippen molar-refractivity contribution in [1.82, 2.24) is 5.32 Å². The zero-order valence-electron chi connectivity index (χ0n) is 9.19. The van der Waals surface area contributed by atoms with Crippen LogP contribution in [0.1, 0.15) is 25.7 Å². The molecule has 0 amide bonds. The fraction of sp³-hybridized carbons (Fsp3) is 0.700. The molecule has 0 aliphatic carbocycles. The molecule has 1 fully saturated rings. The molecule has 2 aliphatic heterocycles.